The van der Waals surface area contributed by atoms with Gasteiger partial charge in [-0.05, 0) is 97.4 Å². The fraction of sp³-hybridized carbons (Fsp3) is 0.786. The molecule has 0 aromatic carbocycles. The van der Waals surface area contributed by atoms with Crippen molar-refractivity contribution in [1.82, 2.24) is 0 Å². The Bertz CT molecular complexity index is 834. The number of carbonyl (C=O) groups excluding carboxylic acids is 2. The van der Waals surface area contributed by atoms with E-state index in [2.05, 4.69) is 46.8 Å². The van der Waals surface area contributed by atoms with Crippen LogP contribution in [-0.4, -0.2) is 12.1 Å². The Balaban J connectivity index is 1.56. The van der Waals surface area contributed by atoms with E-state index in [0.29, 0.717) is 34.9 Å². The van der Waals surface area contributed by atoms with Crippen molar-refractivity contribution in [2.24, 2.45) is 51.2 Å². The summed E-state index contributed by atoms with van der Waals surface area (Å²) >= 11 is 0. The van der Waals surface area contributed by atoms with Gasteiger partial charge in [-0.3, -0.25) is 4.79 Å². The van der Waals surface area contributed by atoms with Crippen molar-refractivity contribution < 1.29 is 9.59 Å². The first kappa shape index (κ1) is 20.7. The lowest BCUT2D eigenvalue weighted by Gasteiger charge is -2.65. The number of carbonyl (C=O) groups is 2. The molecule has 0 aromatic heterocycles. The minimum Gasteiger partial charge on any atom is -0.303 e. The van der Waals surface area contributed by atoms with Gasteiger partial charge < -0.3 is 4.79 Å². The van der Waals surface area contributed by atoms with E-state index in [9.17, 15) is 9.59 Å². The lowest BCUT2D eigenvalue weighted by atomic mass is 9.39. The molecular formula is C28H40O2. The predicted octanol–water partition coefficient (Wildman–Crippen LogP) is 6.55. The van der Waals surface area contributed by atoms with E-state index in [-0.39, 0.29) is 22.2 Å². The standard InChI is InChI=1S/C28H40O2/c1-18-20-8-11-27(5)21-9-13-28(17-29)15-14-25(2,3)16-22(28)19(21)6-7-24(27)26(20,4)12-10-23(18)30/h6,10,12,17-18,20-22,24H,7-9,11,13-16H2,1-5H3. The van der Waals surface area contributed by atoms with Crippen LogP contribution in [0.15, 0.2) is 23.8 Å². The molecule has 0 radical (unpaired) electrons. The van der Waals surface area contributed by atoms with Crippen molar-refractivity contribution in [3.8, 4) is 0 Å². The average molecular weight is 409 g/mol. The third kappa shape index (κ3) is 2.61. The first-order valence-electron chi connectivity index (χ1n) is 12.5. The summed E-state index contributed by atoms with van der Waals surface area (Å²) in [7, 11) is 0. The minimum atomic E-state index is -0.103. The van der Waals surface area contributed by atoms with Crippen LogP contribution >= 0.6 is 0 Å². The number of hydrogen-bond donors (Lipinski definition) is 0. The van der Waals surface area contributed by atoms with Gasteiger partial charge in [0, 0.05) is 11.3 Å². The fourth-order valence-corrected chi connectivity index (χ4v) is 9.12. The molecular weight excluding hydrogens is 368 g/mol. The Morgan fingerprint density at radius 3 is 2.50 bits per heavy atom. The van der Waals surface area contributed by atoms with Crippen LogP contribution in [0.3, 0.4) is 0 Å². The van der Waals surface area contributed by atoms with Crippen LogP contribution in [-0.2, 0) is 9.59 Å². The minimum absolute atomic E-state index is 0.103. The number of ketones is 1. The van der Waals surface area contributed by atoms with Crippen molar-refractivity contribution in [2.45, 2.75) is 86.0 Å². The van der Waals surface area contributed by atoms with E-state index in [0.717, 1.165) is 19.3 Å². The molecule has 0 aromatic rings. The zero-order valence-electron chi connectivity index (χ0n) is 19.7. The zero-order valence-corrected chi connectivity index (χ0v) is 19.7. The van der Waals surface area contributed by atoms with Crippen LogP contribution in [0.5, 0.6) is 0 Å². The molecule has 8 atom stereocenters. The quantitative estimate of drug-likeness (QED) is 0.364. The van der Waals surface area contributed by atoms with Crippen LogP contribution in [0.1, 0.15) is 86.0 Å². The largest absolute Gasteiger partial charge is 0.303 e. The van der Waals surface area contributed by atoms with E-state index in [4.69, 9.17) is 0 Å². The maximum Gasteiger partial charge on any atom is 0.158 e. The van der Waals surface area contributed by atoms with Crippen molar-refractivity contribution in [2.75, 3.05) is 0 Å². The molecule has 0 aliphatic heterocycles. The monoisotopic (exact) mass is 408 g/mol. The Labute approximate surface area is 183 Å². The van der Waals surface area contributed by atoms with Gasteiger partial charge in [-0.15, -0.1) is 0 Å². The van der Waals surface area contributed by atoms with Gasteiger partial charge in [-0.2, -0.15) is 0 Å². The van der Waals surface area contributed by atoms with Gasteiger partial charge >= 0.3 is 0 Å². The molecule has 0 amide bonds. The topological polar surface area (TPSA) is 34.1 Å². The molecule has 0 bridgehead atoms. The predicted molar refractivity (Wildman–Crippen MR) is 121 cm³/mol. The third-order valence-electron chi connectivity index (χ3n) is 11.0. The second-order valence-electron chi connectivity index (χ2n) is 12.9. The lowest BCUT2D eigenvalue weighted by Crippen LogP contribution is -2.58. The number of allylic oxidation sites excluding steroid dienone is 4. The van der Waals surface area contributed by atoms with Crippen LogP contribution in [0, 0.1) is 51.2 Å². The molecule has 5 aliphatic carbocycles. The highest BCUT2D eigenvalue weighted by Gasteiger charge is 2.62. The first-order valence-corrected chi connectivity index (χ1v) is 12.5. The summed E-state index contributed by atoms with van der Waals surface area (Å²) < 4.78 is 0. The van der Waals surface area contributed by atoms with E-state index in [1.54, 1.807) is 5.57 Å². The van der Waals surface area contributed by atoms with Gasteiger partial charge in [0.1, 0.15) is 6.29 Å². The van der Waals surface area contributed by atoms with Crippen molar-refractivity contribution >= 4 is 12.1 Å². The fourth-order valence-electron chi connectivity index (χ4n) is 9.12. The zero-order chi connectivity index (χ0) is 21.5. The second-order valence-corrected chi connectivity index (χ2v) is 12.9. The van der Waals surface area contributed by atoms with Crippen molar-refractivity contribution in [1.29, 1.82) is 0 Å². The van der Waals surface area contributed by atoms with Gasteiger partial charge in [0.05, 0.1) is 0 Å². The molecule has 164 valence electrons. The summed E-state index contributed by atoms with van der Waals surface area (Å²) in [6, 6.07) is 0. The maximum atomic E-state index is 12.4. The molecule has 0 spiro atoms. The first-order chi connectivity index (χ1) is 14.1. The molecule has 3 saturated carbocycles. The average Bonchev–Trinajstić information content (AvgIpc) is 2.70. The number of fused-ring (bicyclic) bond motifs is 7. The summed E-state index contributed by atoms with van der Waals surface area (Å²) in [6.45, 7) is 12.0. The Morgan fingerprint density at radius 2 is 1.77 bits per heavy atom. The van der Waals surface area contributed by atoms with Crippen LogP contribution in [0.2, 0.25) is 0 Å². The molecule has 2 heteroatoms. The lowest BCUT2D eigenvalue weighted by molar-refractivity contribution is -0.136. The molecule has 3 fully saturated rings. The molecule has 5 aliphatic rings. The summed E-state index contributed by atoms with van der Waals surface area (Å²) in [5, 5.41) is 0. The summed E-state index contributed by atoms with van der Waals surface area (Å²) in [6.07, 6.45) is 17.3. The third-order valence-corrected chi connectivity index (χ3v) is 11.0. The molecule has 0 N–H and O–H groups in total. The Hall–Kier alpha value is -1.18. The van der Waals surface area contributed by atoms with Gasteiger partial charge in [0.15, 0.2) is 5.78 Å². The van der Waals surface area contributed by atoms with Gasteiger partial charge in [0.25, 0.3) is 0 Å². The Morgan fingerprint density at radius 1 is 1.00 bits per heavy atom. The smallest absolute Gasteiger partial charge is 0.158 e. The number of rotatable bonds is 1. The van der Waals surface area contributed by atoms with Crippen molar-refractivity contribution in [3.05, 3.63) is 23.8 Å². The van der Waals surface area contributed by atoms with Crippen LogP contribution in [0.4, 0.5) is 0 Å². The highest BCUT2D eigenvalue weighted by Crippen LogP contribution is 2.69. The SMILES string of the molecule is CC1C(=O)C=CC2(C)C1CCC1(C)C3CCC4(C=O)CCC(C)(C)CC4C3=CCC21. The number of hydrogen-bond acceptors (Lipinski definition) is 2. The maximum absolute atomic E-state index is 12.4. The second kappa shape index (κ2) is 6.42. The highest BCUT2D eigenvalue weighted by molar-refractivity contribution is 5.93. The van der Waals surface area contributed by atoms with Crippen molar-refractivity contribution in [3.63, 3.8) is 0 Å². The molecule has 30 heavy (non-hydrogen) atoms. The van der Waals surface area contributed by atoms with Gasteiger partial charge in [-0.1, -0.05) is 52.3 Å². The highest BCUT2D eigenvalue weighted by atomic mass is 16.1. The van der Waals surface area contributed by atoms with Crippen LogP contribution in [0.25, 0.3) is 0 Å². The molecule has 8 unspecified atom stereocenters. The van der Waals surface area contributed by atoms with E-state index < -0.39 is 0 Å². The van der Waals surface area contributed by atoms with Gasteiger partial charge in [0.2, 0.25) is 0 Å². The molecule has 0 heterocycles. The molecule has 2 nitrogen and oxygen atoms in total. The molecule has 5 rings (SSSR count). The van der Waals surface area contributed by atoms with E-state index >= 15 is 0 Å². The molecule has 0 saturated heterocycles. The summed E-state index contributed by atoms with van der Waals surface area (Å²) in [4.78, 5) is 24.8. The van der Waals surface area contributed by atoms with Crippen LogP contribution < -0.4 is 0 Å². The normalized spacial score (nSPS) is 51.7. The van der Waals surface area contributed by atoms with E-state index in [1.165, 1.54) is 38.4 Å². The Kier molecular flexibility index (Phi) is 4.43. The van der Waals surface area contributed by atoms with Gasteiger partial charge in [-0.25, -0.2) is 0 Å². The summed E-state index contributed by atoms with van der Waals surface area (Å²) in [5.41, 5.74) is 2.28. The summed E-state index contributed by atoms with van der Waals surface area (Å²) in [5.74, 6) is 2.62. The van der Waals surface area contributed by atoms with E-state index in [1.807, 2.05) is 6.08 Å². The number of aldehydes is 1.